The van der Waals surface area contributed by atoms with Crippen molar-refractivity contribution in [2.75, 3.05) is 13.7 Å². The standard InChI is InChI=1S/C19H21N3O3/c1-25-17-6-2-4-14(8-17)12-22-13-16(9-18(22)23)19(24)21-11-15-5-3-7-20-10-15/h2-8,10,16H,9,11-13H2,1H3,(H,21,24). The molecule has 2 heterocycles. The van der Waals surface area contributed by atoms with Crippen molar-refractivity contribution < 1.29 is 14.3 Å². The first-order valence-electron chi connectivity index (χ1n) is 8.23. The van der Waals surface area contributed by atoms with Crippen molar-refractivity contribution >= 4 is 11.8 Å². The second kappa shape index (κ2) is 7.79. The van der Waals surface area contributed by atoms with Gasteiger partial charge in [-0.1, -0.05) is 18.2 Å². The van der Waals surface area contributed by atoms with E-state index in [2.05, 4.69) is 10.3 Å². The first-order valence-corrected chi connectivity index (χ1v) is 8.23. The van der Waals surface area contributed by atoms with Crippen molar-refractivity contribution in [1.82, 2.24) is 15.2 Å². The van der Waals surface area contributed by atoms with Crippen molar-refractivity contribution in [2.24, 2.45) is 5.92 Å². The first-order chi connectivity index (χ1) is 12.2. The molecule has 1 atom stereocenters. The molecule has 25 heavy (non-hydrogen) atoms. The summed E-state index contributed by atoms with van der Waals surface area (Å²) in [6.07, 6.45) is 3.66. The number of hydrogen-bond donors (Lipinski definition) is 1. The van der Waals surface area contributed by atoms with E-state index in [4.69, 9.17) is 4.74 Å². The summed E-state index contributed by atoms with van der Waals surface area (Å²) in [4.78, 5) is 30.3. The Labute approximate surface area is 146 Å². The van der Waals surface area contributed by atoms with Gasteiger partial charge in [0.1, 0.15) is 5.75 Å². The number of nitrogens with one attached hydrogen (secondary N) is 1. The number of benzene rings is 1. The van der Waals surface area contributed by atoms with Gasteiger partial charge in [-0.2, -0.15) is 0 Å². The van der Waals surface area contributed by atoms with E-state index in [0.29, 0.717) is 19.6 Å². The number of rotatable bonds is 6. The minimum absolute atomic E-state index is 0.00403. The van der Waals surface area contributed by atoms with E-state index in [0.717, 1.165) is 16.9 Å². The Kier molecular flexibility index (Phi) is 5.28. The highest BCUT2D eigenvalue weighted by Gasteiger charge is 2.34. The Bertz CT molecular complexity index is 749. The normalized spacial score (nSPS) is 16.8. The molecule has 6 heteroatoms. The molecule has 1 saturated heterocycles. The smallest absolute Gasteiger partial charge is 0.225 e. The van der Waals surface area contributed by atoms with Gasteiger partial charge in [0.2, 0.25) is 11.8 Å². The molecule has 1 fully saturated rings. The molecule has 1 aromatic carbocycles. The summed E-state index contributed by atoms with van der Waals surface area (Å²) in [5.41, 5.74) is 1.93. The number of hydrogen-bond acceptors (Lipinski definition) is 4. The predicted molar refractivity (Wildman–Crippen MR) is 92.6 cm³/mol. The van der Waals surface area contributed by atoms with E-state index in [1.54, 1.807) is 24.4 Å². The van der Waals surface area contributed by atoms with Gasteiger partial charge in [-0.05, 0) is 29.3 Å². The number of ether oxygens (including phenoxy) is 1. The van der Waals surface area contributed by atoms with Crippen LogP contribution in [0.5, 0.6) is 5.75 Å². The zero-order valence-electron chi connectivity index (χ0n) is 14.1. The molecule has 1 aliphatic heterocycles. The molecule has 1 aromatic heterocycles. The van der Waals surface area contributed by atoms with Crippen LogP contribution >= 0.6 is 0 Å². The second-order valence-corrected chi connectivity index (χ2v) is 6.11. The van der Waals surface area contributed by atoms with Crippen LogP contribution in [0.15, 0.2) is 48.8 Å². The lowest BCUT2D eigenvalue weighted by Gasteiger charge is -2.17. The minimum Gasteiger partial charge on any atom is -0.497 e. The third-order valence-corrected chi connectivity index (χ3v) is 4.28. The highest BCUT2D eigenvalue weighted by atomic mass is 16.5. The van der Waals surface area contributed by atoms with Crippen LogP contribution in [0.2, 0.25) is 0 Å². The fourth-order valence-corrected chi connectivity index (χ4v) is 2.93. The van der Waals surface area contributed by atoms with Gasteiger partial charge >= 0.3 is 0 Å². The van der Waals surface area contributed by atoms with Gasteiger partial charge in [0, 0.05) is 38.4 Å². The molecular weight excluding hydrogens is 318 g/mol. The number of pyridine rings is 1. The van der Waals surface area contributed by atoms with Crippen LogP contribution in [0.4, 0.5) is 0 Å². The van der Waals surface area contributed by atoms with Crippen LogP contribution in [0.3, 0.4) is 0 Å². The maximum absolute atomic E-state index is 12.3. The molecule has 2 amide bonds. The minimum atomic E-state index is -0.310. The molecule has 1 aliphatic rings. The summed E-state index contributed by atoms with van der Waals surface area (Å²) in [5.74, 6) is 0.361. The van der Waals surface area contributed by atoms with Gasteiger partial charge in [-0.3, -0.25) is 14.6 Å². The Morgan fingerprint density at radius 2 is 2.16 bits per heavy atom. The zero-order chi connectivity index (χ0) is 17.6. The molecule has 130 valence electrons. The van der Waals surface area contributed by atoms with Gasteiger partial charge in [0.15, 0.2) is 0 Å². The number of amides is 2. The van der Waals surface area contributed by atoms with Crippen molar-refractivity contribution in [3.05, 3.63) is 59.9 Å². The van der Waals surface area contributed by atoms with Gasteiger partial charge in [-0.15, -0.1) is 0 Å². The summed E-state index contributed by atoms with van der Waals surface area (Å²) in [7, 11) is 1.61. The lowest BCUT2D eigenvalue weighted by molar-refractivity contribution is -0.129. The number of methoxy groups -OCH3 is 1. The molecule has 0 saturated carbocycles. The fourth-order valence-electron chi connectivity index (χ4n) is 2.93. The first kappa shape index (κ1) is 17.0. The fraction of sp³-hybridized carbons (Fsp3) is 0.316. The van der Waals surface area contributed by atoms with Crippen LogP contribution in [0.1, 0.15) is 17.5 Å². The van der Waals surface area contributed by atoms with Crippen molar-refractivity contribution in [2.45, 2.75) is 19.5 Å². The van der Waals surface area contributed by atoms with E-state index >= 15 is 0 Å². The van der Waals surface area contributed by atoms with Crippen LogP contribution in [-0.2, 0) is 22.7 Å². The summed E-state index contributed by atoms with van der Waals surface area (Å²) >= 11 is 0. The lowest BCUT2D eigenvalue weighted by Crippen LogP contribution is -2.32. The third-order valence-electron chi connectivity index (χ3n) is 4.28. The van der Waals surface area contributed by atoms with Crippen molar-refractivity contribution in [3.63, 3.8) is 0 Å². The van der Waals surface area contributed by atoms with E-state index in [9.17, 15) is 9.59 Å². The largest absolute Gasteiger partial charge is 0.497 e. The highest BCUT2D eigenvalue weighted by molar-refractivity contribution is 5.89. The van der Waals surface area contributed by atoms with Crippen molar-refractivity contribution in [1.29, 1.82) is 0 Å². The average molecular weight is 339 g/mol. The van der Waals surface area contributed by atoms with Gasteiger partial charge < -0.3 is 15.0 Å². The lowest BCUT2D eigenvalue weighted by atomic mass is 10.1. The topological polar surface area (TPSA) is 71.5 Å². The van der Waals surface area contributed by atoms with Gasteiger partial charge in [0.25, 0.3) is 0 Å². The summed E-state index contributed by atoms with van der Waals surface area (Å²) in [6, 6.07) is 11.4. The molecule has 0 aliphatic carbocycles. The molecule has 0 bridgehead atoms. The quantitative estimate of drug-likeness (QED) is 0.870. The Hall–Kier alpha value is -2.89. The van der Waals surface area contributed by atoms with E-state index in [1.165, 1.54) is 0 Å². The van der Waals surface area contributed by atoms with Crippen LogP contribution in [0, 0.1) is 5.92 Å². The number of likely N-dealkylation sites (tertiary alicyclic amines) is 1. The van der Waals surface area contributed by atoms with Crippen molar-refractivity contribution in [3.8, 4) is 5.75 Å². The predicted octanol–water partition coefficient (Wildman–Crippen LogP) is 1.76. The van der Waals surface area contributed by atoms with Crippen LogP contribution in [-0.4, -0.2) is 35.4 Å². The molecule has 1 N–H and O–H groups in total. The zero-order valence-corrected chi connectivity index (χ0v) is 14.1. The van der Waals surface area contributed by atoms with Gasteiger partial charge in [0.05, 0.1) is 13.0 Å². The third kappa shape index (κ3) is 4.35. The highest BCUT2D eigenvalue weighted by Crippen LogP contribution is 2.22. The van der Waals surface area contributed by atoms with Crippen LogP contribution < -0.4 is 10.1 Å². The monoisotopic (exact) mass is 339 g/mol. The summed E-state index contributed by atoms with van der Waals surface area (Å²) < 4.78 is 5.21. The molecule has 3 rings (SSSR count). The van der Waals surface area contributed by atoms with Crippen LogP contribution in [0.25, 0.3) is 0 Å². The number of nitrogens with zero attached hydrogens (tertiary/aromatic N) is 2. The van der Waals surface area contributed by atoms with E-state index in [1.807, 2.05) is 36.4 Å². The van der Waals surface area contributed by atoms with E-state index in [-0.39, 0.29) is 24.2 Å². The molecule has 6 nitrogen and oxygen atoms in total. The number of aromatic nitrogens is 1. The Balaban J connectivity index is 1.55. The molecule has 0 radical (unpaired) electrons. The summed E-state index contributed by atoms with van der Waals surface area (Å²) in [5, 5.41) is 2.89. The average Bonchev–Trinajstić information content (AvgIpc) is 3.01. The number of carbonyl (C=O) groups excluding carboxylic acids is 2. The SMILES string of the molecule is COc1cccc(CN2CC(C(=O)NCc3cccnc3)CC2=O)c1. The maximum atomic E-state index is 12.3. The Morgan fingerprint density at radius 3 is 2.92 bits per heavy atom. The summed E-state index contributed by atoms with van der Waals surface area (Å²) in [6.45, 7) is 1.35. The number of carbonyl (C=O) groups is 2. The Morgan fingerprint density at radius 1 is 1.32 bits per heavy atom. The molecule has 2 aromatic rings. The van der Waals surface area contributed by atoms with E-state index < -0.39 is 0 Å². The second-order valence-electron chi connectivity index (χ2n) is 6.11. The molecule has 1 unspecified atom stereocenters. The molecular formula is C19H21N3O3. The molecule has 0 spiro atoms. The maximum Gasteiger partial charge on any atom is 0.225 e. The van der Waals surface area contributed by atoms with Gasteiger partial charge in [-0.25, -0.2) is 0 Å².